The van der Waals surface area contributed by atoms with Crippen LogP contribution in [0.3, 0.4) is 0 Å². The van der Waals surface area contributed by atoms with Gasteiger partial charge in [0.05, 0.1) is 32.4 Å². The number of aromatic nitrogens is 1. The van der Waals surface area contributed by atoms with Crippen molar-refractivity contribution >= 4 is 28.8 Å². The number of benzene rings is 1. The molecule has 1 aliphatic rings. The van der Waals surface area contributed by atoms with E-state index in [4.69, 9.17) is 25.6 Å². The Morgan fingerprint density at radius 1 is 1.34 bits per heavy atom. The number of hydrogen-bond donors (Lipinski definition) is 0. The summed E-state index contributed by atoms with van der Waals surface area (Å²) in [5.74, 6) is 1.33. The Labute approximate surface area is 178 Å². The predicted octanol–water partition coefficient (Wildman–Crippen LogP) is 4.43. The van der Waals surface area contributed by atoms with Gasteiger partial charge in [0.2, 0.25) is 11.1 Å². The van der Waals surface area contributed by atoms with Crippen molar-refractivity contribution in [3.63, 3.8) is 0 Å². The van der Waals surface area contributed by atoms with Crippen LogP contribution >= 0.6 is 22.9 Å². The molecule has 0 saturated carbocycles. The molecule has 8 heteroatoms. The average molecular weight is 433 g/mol. The van der Waals surface area contributed by atoms with Crippen LogP contribution in [0.15, 0.2) is 34.2 Å². The maximum Gasteiger partial charge on any atom is 0.229 e. The number of thiophene rings is 1. The number of aryl methyl sites for hydroxylation is 1. The molecule has 152 valence electrons. The third-order valence-electron chi connectivity index (χ3n) is 5.27. The monoisotopic (exact) mass is 432 g/mol. The number of carbonyl (C=O) groups excluding carboxylic acids is 1. The molecule has 0 aliphatic carbocycles. The van der Waals surface area contributed by atoms with Gasteiger partial charge in [-0.1, -0.05) is 11.2 Å². The van der Waals surface area contributed by atoms with Crippen LogP contribution in [0.2, 0.25) is 5.22 Å². The molecular formula is C21H21ClN2O4S. The Bertz CT molecular complexity index is 1010. The van der Waals surface area contributed by atoms with Gasteiger partial charge < -0.3 is 18.9 Å². The minimum absolute atomic E-state index is 0.0166. The minimum atomic E-state index is -0.190. The number of nitrogens with zero attached hydrogens (tertiary/aromatic N) is 2. The number of hydrogen-bond acceptors (Lipinski definition) is 6. The number of amides is 1. The molecule has 1 unspecified atom stereocenters. The second-order valence-electron chi connectivity index (χ2n) is 6.86. The summed E-state index contributed by atoms with van der Waals surface area (Å²) in [5, 5.41) is 6.05. The van der Waals surface area contributed by atoms with E-state index in [1.165, 1.54) is 0 Å². The maximum atomic E-state index is 13.3. The van der Waals surface area contributed by atoms with Crippen molar-refractivity contribution in [3.05, 3.63) is 62.1 Å². The van der Waals surface area contributed by atoms with Gasteiger partial charge in [0.25, 0.3) is 0 Å². The van der Waals surface area contributed by atoms with Crippen LogP contribution in [-0.2, 0) is 17.6 Å². The number of rotatable bonds is 5. The molecule has 1 aromatic carbocycles. The molecule has 1 atom stereocenters. The fourth-order valence-electron chi connectivity index (χ4n) is 3.78. The third kappa shape index (κ3) is 3.60. The van der Waals surface area contributed by atoms with Crippen LogP contribution in [0.5, 0.6) is 11.5 Å². The molecule has 2 aromatic heterocycles. The van der Waals surface area contributed by atoms with Gasteiger partial charge in [0, 0.05) is 17.0 Å². The fourth-order valence-corrected chi connectivity index (χ4v) is 4.87. The van der Waals surface area contributed by atoms with Crippen molar-refractivity contribution in [1.82, 2.24) is 10.1 Å². The molecule has 0 bridgehead atoms. The lowest BCUT2D eigenvalue weighted by molar-refractivity contribution is -0.132. The van der Waals surface area contributed by atoms with E-state index in [0.29, 0.717) is 29.3 Å². The maximum absolute atomic E-state index is 13.3. The first kappa shape index (κ1) is 19.8. The van der Waals surface area contributed by atoms with Gasteiger partial charge in [-0.05, 0) is 59.7 Å². The minimum Gasteiger partial charge on any atom is -0.493 e. The van der Waals surface area contributed by atoms with E-state index in [9.17, 15) is 4.79 Å². The van der Waals surface area contributed by atoms with Gasteiger partial charge in [-0.3, -0.25) is 4.79 Å². The van der Waals surface area contributed by atoms with E-state index in [0.717, 1.165) is 22.4 Å². The molecule has 0 fully saturated rings. The molecular weight excluding hydrogens is 412 g/mol. The molecule has 6 nitrogen and oxygen atoms in total. The molecule has 29 heavy (non-hydrogen) atoms. The van der Waals surface area contributed by atoms with Gasteiger partial charge in [0.1, 0.15) is 0 Å². The van der Waals surface area contributed by atoms with E-state index >= 15 is 0 Å². The van der Waals surface area contributed by atoms with E-state index in [-0.39, 0.29) is 23.6 Å². The zero-order valence-electron chi connectivity index (χ0n) is 16.4. The SMILES string of the molecule is COc1cc2c(cc1OC)C(c1cccs1)N(C(=O)Cc1c(C)noc1Cl)CC2. The quantitative estimate of drug-likeness (QED) is 0.596. The average Bonchev–Trinajstić information content (AvgIpc) is 3.37. The molecule has 4 rings (SSSR count). The normalized spacial score (nSPS) is 15.9. The first-order valence-corrected chi connectivity index (χ1v) is 10.5. The van der Waals surface area contributed by atoms with Crippen molar-refractivity contribution in [2.24, 2.45) is 0 Å². The van der Waals surface area contributed by atoms with E-state index < -0.39 is 0 Å². The van der Waals surface area contributed by atoms with Gasteiger partial charge in [0.15, 0.2) is 11.5 Å². The highest BCUT2D eigenvalue weighted by molar-refractivity contribution is 7.10. The third-order valence-corrected chi connectivity index (χ3v) is 6.49. The zero-order valence-corrected chi connectivity index (χ0v) is 18.0. The smallest absolute Gasteiger partial charge is 0.229 e. The molecule has 3 heterocycles. The van der Waals surface area contributed by atoms with Gasteiger partial charge in [-0.15, -0.1) is 11.3 Å². The first-order chi connectivity index (χ1) is 14.0. The Kier molecular flexibility index (Phi) is 5.52. The number of carbonyl (C=O) groups is 1. The van der Waals surface area contributed by atoms with Crippen molar-refractivity contribution in [3.8, 4) is 11.5 Å². The lowest BCUT2D eigenvalue weighted by Gasteiger charge is -2.37. The van der Waals surface area contributed by atoms with Crippen molar-refractivity contribution < 1.29 is 18.8 Å². The summed E-state index contributed by atoms with van der Waals surface area (Å²) in [4.78, 5) is 16.3. The Hall–Kier alpha value is -2.51. The van der Waals surface area contributed by atoms with Crippen LogP contribution < -0.4 is 9.47 Å². The van der Waals surface area contributed by atoms with Crippen molar-refractivity contribution in [1.29, 1.82) is 0 Å². The molecule has 1 aliphatic heterocycles. The number of methoxy groups -OCH3 is 2. The largest absolute Gasteiger partial charge is 0.493 e. The number of halogens is 1. The lowest BCUT2D eigenvalue weighted by Crippen LogP contribution is -2.41. The van der Waals surface area contributed by atoms with Gasteiger partial charge >= 0.3 is 0 Å². The van der Waals surface area contributed by atoms with Gasteiger partial charge in [-0.2, -0.15) is 0 Å². The molecule has 0 N–H and O–H groups in total. The summed E-state index contributed by atoms with van der Waals surface area (Å²) in [6.45, 7) is 2.39. The highest BCUT2D eigenvalue weighted by Gasteiger charge is 2.34. The first-order valence-electron chi connectivity index (χ1n) is 9.21. The van der Waals surface area contributed by atoms with Crippen molar-refractivity contribution in [2.45, 2.75) is 25.8 Å². The zero-order chi connectivity index (χ0) is 20.5. The van der Waals surface area contributed by atoms with E-state index in [1.54, 1.807) is 32.5 Å². The molecule has 3 aromatic rings. The standard InChI is InChI=1S/C21H21ClN2O4S/c1-12-14(21(22)28-23-12)11-19(25)24-7-6-13-9-16(26-2)17(27-3)10-15(13)20(24)18-5-4-8-29-18/h4-5,8-10,20H,6-7,11H2,1-3H3. The van der Waals surface area contributed by atoms with Gasteiger partial charge in [-0.25, -0.2) is 0 Å². The molecule has 0 radical (unpaired) electrons. The summed E-state index contributed by atoms with van der Waals surface area (Å²) >= 11 is 7.72. The van der Waals surface area contributed by atoms with E-state index in [2.05, 4.69) is 11.2 Å². The van der Waals surface area contributed by atoms with Crippen LogP contribution in [0.25, 0.3) is 0 Å². The molecule has 1 amide bonds. The molecule has 0 saturated heterocycles. The summed E-state index contributed by atoms with van der Waals surface area (Å²) in [7, 11) is 3.25. The summed E-state index contributed by atoms with van der Waals surface area (Å²) in [5.41, 5.74) is 3.49. The highest BCUT2D eigenvalue weighted by Crippen LogP contribution is 2.42. The van der Waals surface area contributed by atoms with E-state index in [1.807, 2.05) is 28.5 Å². The predicted molar refractivity (Wildman–Crippen MR) is 111 cm³/mol. The van der Waals surface area contributed by atoms with Crippen LogP contribution in [-0.4, -0.2) is 36.7 Å². The van der Waals surface area contributed by atoms with Crippen LogP contribution in [0, 0.1) is 6.92 Å². The Morgan fingerprint density at radius 3 is 2.72 bits per heavy atom. The second-order valence-corrected chi connectivity index (χ2v) is 8.18. The fraction of sp³-hybridized carbons (Fsp3) is 0.333. The lowest BCUT2D eigenvalue weighted by atomic mass is 9.90. The summed E-state index contributed by atoms with van der Waals surface area (Å²) < 4.78 is 16.0. The number of ether oxygens (including phenoxy) is 2. The second kappa shape index (κ2) is 8.08. The Morgan fingerprint density at radius 2 is 2.10 bits per heavy atom. The summed E-state index contributed by atoms with van der Waals surface area (Å²) in [6.07, 6.45) is 0.887. The number of fused-ring (bicyclic) bond motifs is 1. The Balaban J connectivity index is 1.75. The topological polar surface area (TPSA) is 64.8 Å². The van der Waals surface area contributed by atoms with Crippen LogP contribution in [0.4, 0.5) is 0 Å². The summed E-state index contributed by atoms with van der Waals surface area (Å²) in [6, 6.07) is 7.86. The van der Waals surface area contributed by atoms with Crippen molar-refractivity contribution in [2.75, 3.05) is 20.8 Å². The van der Waals surface area contributed by atoms with Crippen LogP contribution in [0.1, 0.15) is 33.3 Å². The molecule has 0 spiro atoms. The highest BCUT2D eigenvalue weighted by atomic mass is 35.5.